The highest BCUT2D eigenvalue weighted by Gasteiger charge is 2.34. The molecule has 0 unspecified atom stereocenters. The van der Waals surface area contributed by atoms with Crippen molar-refractivity contribution in [2.75, 3.05) is 18.0 Å². The SMILES string of the molecule is CC[C@H](C(=O)NC1CCCCC1)N(Cc1ccc(Cl)c(Cl)c1)C(=O)CN(c1ccc(OC)cc1)S(=O)(=O)c1ccc(C)cc1. The molecule has 1 atom stereocenters. The zero-order valence-electron chi connectivity index (χ0n) is 25.3. The number of aryl methyl sites for hydroxylation is 1. The first kappa shape index (κ1) is 33.6. The summed E-state index contributed by atoms with van der Waals surface area (Å²) in [7, 11) is -2.66. The molecule has 1 fully saturated rings. The second-order valence-electron chi connectivity index (χ2n) is 11.1. The van der Waals surface area contributed by atoms with E-state index in [4.69, 9.17) is 27.9 Å². The fourth-order valence-electron chi connectivity index (χ4n) is 5.41. The summed E-state index contributed by atoms with van der Waals surface area (Å²) in [6.07, 6.45) is 5.34. The van der Waals surface area contributed by atoms with Crippen molar-refractivity contribution in [3.63, 3.8) is 0 Å². The Hall–Kier alpha value is -3.27. The van der Waals surface area contributed by atoms with E-state index < -0.39 is 28.5 Å². The Kier molecular flexibility index (Phi) is 11.6. The quantitative estimate of drug-likeness (QED) is 0.232. The summed E-state index contributed by atoms with van der Waals surface area (Å²) in [5.74, 6) is -0.252. The molecule has 0 aliphatic heterocycles. The van der Waals surface area contributed by atoms with Gasteiger partial charge in [-0.05, 0) is 80.3 Å². The van der Waals surface area contributed by atoms with Crippen molar-refractivity contribution in [3.05, 3.63) is 87.9 Å². The molecule has 4 rings (SSSR count). The second-order valence-corrected chi connectivity index (χ2v) is 13.7. The van der Waals surface area contributed by atoms with Crippen molar-refractivity contribution in [3.8, 4) is 5.75 Å². The molecule has 3 aromatic rings. The number of amides is 2. The summed E-state index contributed by atoms with van der Waals surface area (Å²) in [4.78, 5) is 29.5. The minimum absolute atomic E-state index is 0.0351. The number of rotatable bonds is 12. The number of methoxy groups -OCH3 is 1. The molecule has 3 aromatic carbocycles. The van der Waals surface area contributed by atoms with Crippen LogP contribution in [0.2, 0.25) is 10.0 Å². The van der Waals surface area contributed by atoms with E-state index in [1.54, 1.807) is 54.6 Å². The summed E-state index contributed by atoms with van der Waals surface area (Å²) in [6.45, 7) is 3.21. The van der Waals surface area contributed by atoms with Crippen LogP contribution >= 0.6 is 23.2 Å². The van der Waals surface area contributed by atoms with Gasteiger partial charge in [0.2, 0.25) is 11.8 Å². The van der Waals surface area contributed by atoms with Gasteiger partial charge in [0, 0.05) is 12.6 Å². The normalized spacial score (nSPS) is 14.5. The summed E-state index contributed by atoms with van der Waals surface area (Å²) < 4.78 is 34.4. The number of carbonyl (C=O) groups is 2. The minimum Gasteiger partial charge on any atom is -0.497 e. The van der Waals surface area contributed by atoms with Gasteiger partial charge < -0.3 is 15.0 Å². The lowest BCUT2D eigenvalue weighted by Gasteiger charge is -2.34. The molecule has 0 aromatic heterocycles. The highest BCUT2D eigenvalue weighted by atomic mass is 35.5. The molecule has 2 amide bonds. The third kappa shape index (κ3) is 8.25. The fourth-order valence-corrected chi connectivity index (χ4v) is 7.15. The number of benzene rings is 3. The van der Waals surface area contributed by atoms with Crippen molar-refractivity contribution in [1.29, 1.82) is 0 Å². The van der Waals surface area contributed by atoms with Crippen LogP contribution in [0.3, 0.4) is 0 Å². The van der Waals surface area contributed by atoms with Crippen LogP contribution in [0.1, 0.15) is 56.6 Å². The third-order valence-electron chi connectivity index (χ3n) is 7.92. The molecule has 0 saturated heterocycles. The minimum atomic E-state index is -4.17. The Morgan fingerprint density at radius 2 is 1.61 bits per heavy atom. The van der Waals surface area contributed by atoms with E-state index in [0.717, 1.165) is 42.0 Å². The molecule has 1 aliphatic rings. The molecule has 0 bridgehead atoms. The van der Waals surface area contributed by atoms with Gasteiger partial charge in [-0.3, -0.25) is 13.9 Å². The van der Waals surface area contributed by atoms with E-state index in [2.05, 4.69) is 5.32 Å². The Morgan fingerprint density at radius 1 is 0.955 bits per heavy atom. The molecule has 0 radical (unpaired) electrons. The standard InChI is InChI=1S/C33H39Cl2N3O5S/c1-4-31(33(40)36-25-8-6-5-7-9-25)37(21-24-12-19-29(34)30(35)20-24)32(39)22-38(26-13-15-27(43-3)16-14-26)44(41,42)28-17-10-23(2)11-18-28/h10-20,25,31H,4-9,21-22H2,1-3H3,(H,36,40)/t31-/m1/s1. The Bertz CT molecular complexity index is 1540. The van der Waals surface area contributed by atoms with Crippen LogP contribution in [-0.4, -0.2) is 50.9 Å². The van der Waals surface area contributed by atoms with Crippen molar-refractivity contribution in [2.45, 2.75) is 75.9 Å². The van der Waals surface area contributed by atoms with Crippen molar-refractivity contribution in [1.82, 2.24) is 10.2 Å². The largest absolute Gasteiger partial charge is 0.497 e. The van der Waals surface area contributed by atoms with E-state index in [1.165, 1.54) is 24.1 Å². The lowest BCUT2D eigenvalue weighted by Crippen LogP contribution is -2.54. The first-order chi connectivity index (χ1) is 21.0. The molecule has 44 heavy (non-hydrogen) atoms. The Morgan fingerprint density at radius 3 is 2.20 bits per heavy atom. The monoisotopic (exact) mass is 659 g/mol. The predicted molar refractivity (Wildman–Crippen MR) is 175 cm³/mol. The second kappa shape index (κ2) is 15.1. The van der Waals surface area contributed by atoms with E-state index in [-0.39, 0.29) is 29.1 Å². The summed E-state index contributed by atoms with van der Waals surface area (Å²) >= 11 is 12.4. The zero-order valence-corrected chi connectivity index (χ0v) is 27.6. The molecule has 236 valence electrons. The van der Waals surface area contributed by atoms with Crippen LogP contribution in [0.4, 0.5) is 5.69 Å². The zero-order chi connectivity index (χ0) is 31.9. The van der Waals surface area contributed by atoms with Crippen LogP contribution in [-0.2, 0) is 26.2 Å². The molecule has 0 heterocycles. The topological polar surface area (TPSA) is 96.0 Å². The smallest absolute Gasteiger partial charge is 0.264 e. The number of nitrogens with one attached hydrogen (secondary N) is 1. The third-order valence-corrected chi connectivity index (χ3v) is 10.4. The first-order valence-electron chi connectivity index (χ1n) is 14.8. The van der Waals surface area contributed by atoms with E-state index in [1.807, 2.05) is 13.8 Å². The number of nitrogens with zero attached hydrogens (tertiary/aromatic N) is 2. The molecule has 1 saturated carbocycles. The van der Waals surface area contributed by atoms with E-state index in [9.17, 15) is 18.0 Å². The van der Waals surface area contributed by atoms with Gasteiger partial charge in [0.15, 0.2) is 0 Å². The molecule has 0 spiro atoms. The maximum absolute atomic E-state index is 14.3. The van der Waals surface area contributed by atoms with Crippen molar-refractivity contribution in [2.24, 2.45) is 0 Å². The summed E-state index contributed by atoms with van der Waals surface area (Å²) in [5.41, 5.74) is 1.85. The van der Waals surface area contributed by atoms with Crippen LogP contribution in [0.5, 0.6) is 5.75 Å². The summed E-state index contributed by atoms with van der Waals surface area (Å²) in [5, 5.41) is 3.83. The highest BCUT2D eigenvalue weighted by molar-refractivity contribution is 7.92. The van der Waals surface area contributed by atoms with Gasteiger partial charge in [-0.25, -0.2) is 8.42 Å². The lowest BCUT2D eigenvalue weighted by atomic mass is 9.95. The average molecular weight is 661 g/mol. The number of hydrogen-bond donors (Lipinski definition) is 1. The fraction of sp³-hybridized carbons (Fsp3) is 0.394. The Labute approximate surface area is 270 Å². The van der Waals surface area contributed by atoms with E-state index in [0.29, 0.717) is 27.8 Å². The van der Waals surface area contributed by atoms with E-state index >= 15 is 0 Å². The maximum atomic E-state index is 14.3. The predicted octanol–water partition coefficient (Wildman–Crippen LogP) is 6.76. The molecule has 8 nitrogen and oxygen atoms in total. The number of hydrogen-bond acceptors (Lipinski definition) is 5. The number of sulfonamides is 1. The first-order valence-corrected chi connectivity index (χ1v) is 17.0. The number of ether oxygens (including phenoxy) is 1. The molecular weight excluding hydrogens is 621 g/mol. The number of halogens is 2. The van der Waals surface area contributed by atoms with Gasteiger partial charge >= 0.3 is 0 Å². The van der Waals surface area contributed by atoms with Crippen molar-refractivity contribution < 1.29 is 22.7 Å². The summed E-state index contributed by atoms with van der Waals surface area (Å²) in [6, 6.07) is 17.2. The molecule has 11 heteroatoms. The van der Waals surface area contributed by atoms with Gasteiger partial charge in [-0.2, -0.15) is 0 Å². The van der Waals surface area contributed by atoms with Crippen molar-refractivity contribution >= 4 is 50.7 Å². The van der Waals surface area contributed by atoms with Gasteiger partial charge in [0.25, 0.3) is 10.0 Å². The van der Waals surface area contributed by atoms with Crippen LogP contribution in [0, 0.1) is 6.92 Å². The number of carbonyl (C=O) groups excluding carboxylic acids is 2. The van der Waals surface area contributed by atoms with Gasteiger partial charge in [-0.1, -0.05) is 73.2 Å². The number of anilines is 1. The van der Waals surface area contributed by atoms with Gasteiger partial charge in [0.05, 0.1) is 27.7 Å². The van der Waals surface area contributed by atoms with Crippen LogP contribution in [0.15, 0.2) is 71.6 Å². The molecule has 1 aliphatic carbocycles. The maximum Gasteiger partial charge on any atom is 0.264 e. The highest BCUT2D eigenvalue weighted by Crippen LogP contribution is 2.28. The van der Waals surface area contributed by atoms with Crippen LogP contribution < -0.4 is 14.4 Å². The van der Waals surface area contributed by atoms with Crippen LogP contribution in [0.25, 0.3) is 0 Å². The molecule has 1 N–H and O–H groups in total. The van der Waals surface area contributed by atoms with Gasteiger partial charge in [0.1, 0.15) is 18.3 Å². The lowest BCUT2D eigenvalue weighted by molar-refractivity contribution is -0.140. The average Bonchev–Trinajstić information content (AvgIpc) is 3.02. The Balaban J connectivity index is 1.72. The van der Waals surface area contributed by atoms with Gasteiger partial charge in [-0.15, -0.1) is 0 Å². The molecular formula is C33H39Cl2N3O5S.